The minimum Gasteiger partial charge on any atom is -0.504 e. The van der Waals surface area contributed by atoms with Crippen LogP contribution in [0.2, 0.25) is 0 Å². The van der Waals surface area contributed by atoms with Crippen LogP contribution < -0.4 is 5.43 Å². The van der Waals surface area contributed by atoms with Crippen molar-refractivity contribution in [3.8, 4) is 11.5 Å². The molecule has 148 valence electrons. The van der Waals surface area contributed by atoms with E-state index < -0.39 is 15.9 Å². The number of benzene rings is 2. The minimum atomic E-state index is -3.72. The van der Waals surface area contributed by atoms with E-state index in [2.05, 4.69) is 10.5 Å². The number of hydrogen-bond acceptors (Lipinski definition) is 7. The Bertz CT molecular complexity index is 1000. The van der Waals surface area contributed by atoms with Crippen molar-refractivity contribution in [1.82, 2.24) is 9.73 Å². The summed E-state index contributed by atoms with van der Waals surface area (Å²) < 4.78 is 31.9. The van der Waals surface area contributed by atoms with Crippen molar-refractivity contribution < 1.29 is 28.2 Å². The lowest BCUT2D eigenvalue weighted by Crippen LogP contribution is -2.40. The zero-order valence-corrected chi connectivity index (χ0v) is 15.6. The Kier molecular flexibility index (Phi) is 5.93. The van der Waals surface area contributed by atoms with Gasteiger partial charge in [0.15, 0.2) is 11.5 Å². The largest absolute Gasteiger partial charge is 0.504 e. The van der Waals surface area contributed by atoms with Crippen molar-refractivity contribution in [3.05, 3.63) is 53.6 Å². The van der Waals surface area contributed by atoms with E-state index >= 15 is 0 Å². The second-order valence-corrected chi connectivity index (χ2v) is 7.90. The Morgan fingerprint density at radius 3 is 2.61 bits per heavy atom. The summed E-state index contributed by atoms with van der Waals surface area (Å²) in [6, 6.07) is 9.98. The van der Waals surface area contributed by atoms with Gasteiger partial charge < -0.3 is 14.9 Å². The molecule has 0 aromatic heterocycles. The molecule has 1 amide bonds. The van der Waals surface area contributed by atoms with Gasteiger partial charge >= 0.3 is 0 Å². The predicted molar refractivity (Wildman–Crippen MR) is 101 cm³/mol. The van der Waals surface area contributed by atoms with Crippen LogP contribution in [0.1, 0.15) is 15.9 Å². The van der Waals surface area contributed by atoms with Gasteiger partial charge in [-0.3, -0.25) is 4.79 Å². The maximum atomic E-state index is 12.7. The predicted octanol–water partition coefficient (Wildman–Crippen LogP) is 0.883. The number of morpholine rings is 1. The fraction of sp³-hybridized carbons (Fsp3) is 0.222. The molecule has 1 saturated heterocycles. The fourth-order valence-electron chi connectivity index (χ4n) is 2.61. The molecule has 1 heterocycles. The standard InChI is InChI=1S/C18H19N3O6S/c22-16-6-2-4-14(17(16)23)12-19-20-18(24)13-3-1-5-15(11-13)28(25,26)21-7-9-27-10-8-21/h1-6,11-12,22-23H,7-10H2,(H,20,24)/b19-12+. The summed E-state index contributed by atoms with van der Waals surface area (Å²) in [6.45, 7) is 1.18. The Morgan fingerprint density at radius 1 is 1.14 bits per heavy atom. The average Bonchev–Trinajstić information content (AvgIpc) is 2.72. The average molecular weight is 405 g/mol. The highest BCUT2D eigenvalue weighted by molar-refractivity contribution is 7.89. The van der Waals surface area contributed by atoms with Gasteiger partial charge in [-0.15, -0.1) is 0 Å². The van der Waals surface area contributed by atoms with E-state index in [1.54, 1.807) is 0 Å². The van der Waals surface area contributed by atoms with Gasteiger partial charge in [-0.2, -0.15) is 9.41 Å². The molecule has 0 spiro atoms. The number of phenols is 2. The number of sulfonamides is 1. The Morgan fingerprint density at radius 2 is 1.86 bits per heavy atom. The van der Waals surface area contributed by atoms with Crippen LogP contribution in [-0.4, -0.2) is 61.4 Å². The van der Waals surface area contributed by atoms with Crippen molar-refractivity contribution in [3.63, 3.8) is 0 Å². The van der Waals surface area contributed by atoms with E-state index in [0.717, 1.165) is 0 Å². The first kappa shape index (κ1) is 19.8. The van der Waals surface area contributed by atoms with Gasteiger partial charge in [0.05, 0.1) is 24.3 Å². The van der Waals surface area contributed by atoms with E-state index in [4.69, 9.17) is 4.74 Å². The molecule has 0 radical (unpaired) electrons. The normalized spacial score (nSPS) is 15.6. The lowest BCUT2D eigenvalue weighted by molar-refractivity contribution is 0.0730. The maximum absolute atomic E-state index is 12.7. The highest BCUT2D eigenvalue weighted by atomic mass is 32.2. The second kappa shape index (κ2) is 8.38. The lowest BCUT2D eigenvalue weighted by atomic mass is 10.2. The summed E-state index contributed by atoms with van der Waals surface area (Å²) in [5, 5.41) is 22.9. The number of ether oxygens (including phenoxy) is 1. The summed E-state index contributed by atoms with van der Waals surface area (Å²) in [5.74, 6) is -1.29. The van der Waals surface area contributed by atoms with Gasteiger partial charge in [-0.25, -0.2) is 13.8 Å². The fourth-order valence-corrected chi connectivity index (χ4v) is 4.07. The third-order valence-corrected chi connectivity index (χ3v) is 6.01. The van der Waals surface area contributed by atoms with Gasteiger partial charge in [-0.05, 0) is 30.3 Å². The quantitative estimate of drug-likeness (QED) is 0.385. The SMILES string of the molecule is O=C(N/N=C/c1cccc(O)c1O)c1cccc(S(=O)(=O)N2CCOCC2)c1. The number of nitrogens with zero attached hydrogens (tertiary/aromatic N) is 2. The van der Waals surface area contributed by atoms with E-state index in [1.165, 1.54) is 53.0 Å². The number of phenolic OH excluding ortho intramolecular Hbond substituents is 2. The molecule has 28 heavy (non-hydrogen) atoms. The summed E-state index contributed by atoms with van der Waals surface area (Å²) in [7, 11) is -3.72. The molecule has 0 bridgehead atoms. The van der Waals surface area contributed by atoms with Crippen LogP contribution in [0.15, 0.2) is 52.5 Å². The number of carbonyl (C=O) groups is 1. The van der Waals surface area contributed by atoms with Gasteiger partial charge in [0.1, 0.15) is 0 Å². The van der Waals surface area contributed by atoms with Crippen molar-refractivity contribution >= 4 is 22.1 Å². The molecule has 0 aliphatic carbocycles. The minimum absolute atomic E-state index is 0.0108. The zero-order chi connectivity index (χ0) is 20.1. The van der Waals surface area contributed by atoms with Gasteiger partial charge in [-0.1, -0.05) is 12.1 Å². The number of amides is 1. The van der Waals surface area contributed by atoms with Crippen LogP contribution in [0.4, 0.5) is 0 Å². The molecule has 9 nitrogen and oxygen atoms in total. The van der Waals surface area contributed by atoms with E-state index in [-0.39, 0.29) is 40.6 Å². The highest BCUT2D eigenvalue weighted by Gasteiger charge is 2.26. The molecule has 0 atom stereocenters. The van der Waals surface area contributed by atoms with Crippen LogP contribution >= 0.6 is 0 Å². The first-order chi connectivity index (χ1) is 13.4. The van der Waals surface area contributed by atoms with Crippen LogP contribution in [0.25, 0.3) is 0 Å². The van der Waals surface area contributed by atoms with Crippen LogP contribution in [-0.2, 0) is 14.8 Å². The van der Waals surface area contributed by atoms with Crippen molar-refractivity contribution in [1.29, 1.82) is 0 Å². The van der Waals surface area contributed by atoms with Gasteiger partial charge in [0.2, 0.25) is 10.0 Å². The summed E-state index contributed by atoms with van der Waals surface area (Å²) in [4.78, 5) is 12.3. The number of hydrogen-bond donors (Lipinski definition) is 3. The highest BCUT2D eigenvalue weighted by Crippen LogP contribution is 2.26. The summed E-state index contributed by atoms with van der Waals surface area (Å²) in [5.41, 5.74) is 2.59. The van der Waals surface area contributed by atoms with Gasteiger partial charge in [0.25, 0.3) is 5.91 Å². The van der Waals surface area contributed by atoms with Crippen molar-refractivity contribution in [2.24, 2.45) is 5.10 Å². The third-order valence-electron chi connectivity index (χ3n) is 4.12. The molecule has 1 aliphatic heterocycles. The smallest absolute Gasteiger partial charge is 0.271 e. The molecule has 2 aromatic carbocycles. The van der Waals surface area contributed by atoms with Crippen molar-refractivity contribution in [2.75, 3.05) is 26.3 Å². The number of carbonyl (C=O) groups excluding carboxylic acids is 1. The van der Waals surface area contributed by atoms with Crippen LogP contribution in [0.5, 0.6) is 11.5 Å². The number of hydrazone groups is 1. The van der Waals surface area contributed by atoms with E-state index in [9.17, 15) is 23.4 Å². The van der Waals surface area contributed by atoms with E-state index in [0.29, 0.717) is 13.2 Å². The first-order valence-corrected chi connectivity index (χ1v) is 9.86. The topological polar surface area (TPSA) is 129 Å². The third kappa shape index (κ3) is 4.30. The number of aromatic hydroxyl groups is 2. The van der Waals surface area contributed by atoms with Crippen LogP contribution in [0.3, 0.4) is 0 Å². The van der Waals surface area contributed by atoms with Gasteiger partial charge in [0, 0.05) is 24.2 Å². The first-order valence-electron chi connectivity index (χ1n) is 8.42. The summed E-state index contributed by atoms with van der Waals surface area (Å²) in [6.07, 6.45) is 1.17. The molecular formula is C18H19N3O6S. The Balaban J connectivity index is 1.73. The van der Waals surface area contributed by atoms with Crippen molar-refractivity contribution in [2.45, 2.75) is 4.90 Å². The second-order valence-electron chi connectivity index (χ2n) is 5.96. The lowest BCUT2D eigenvalue weighted by Gasteiger charge is -2.26. The van der Waals surface area contributed by atoms with E-state index in [1.807, 2.05) is 0 Å². The monoisotopic (exact) mass is 405 g/mol. The molecule has 3 N–H and O–H groups in total. The molecule has 10 heteroatoms. The molecular weight excluding hydrogens is 386 g/mol. The Hall–Kier alpha value is -2.95. The summed E-state index contributed by atoms with van der Waals surface area (Å²) >= 11 is 0. The molecule has 3 rings (SSSR count). The molecule has 0 saturated carbocycles. The number of nitrogens with one attached hydrogen (secondary N) is 1. The zero-order valence-electron chi connectivity index (χ0n) is 14.8. The molecule has 1 aliphatic rings. The molecule has 1 fully saturated rings. The molecule has 0 unspecified atom stereocenters. The number of para-hydroxylation sites is 1. The molecule has 2 aromatic rings. The maximum Gasteiger partial charge on any atom is 0.271 e. The number of rotatable bonds is 5. The van der Waals surface area contributed by atoms with Crippen LogP contribution in [0, 0.1) is 0 Å². The Labute approximate surface area is 161 Å².